The number of ether oxygens (including phenoxy) is 2. The van der Waals surface area contributed by atoms with Crippen LogP contribution in [0.3, 0.4) is 0 Å². The minimum Gasteiger partial charge on any atom is -0.480 e. The fourth-order valence-electron chi connectivity index (χ4n) is 3.45. The first-order valence-corrected chi connectivity index (χ1v) is 11.5. The molecule has 0 saturated carbocycles. The number of aromatic nitrogens is 2. The second-order valence-corrected chi connectivity index (χ2v) is 8.88. The number of carbonyl (C=O) groups is 1. The van der Waals surface area contributed by atoms with Crippen molar-refractivity contribution < 1.29 is 27.1 Å². The predicted octanol–water partition coefficient (Wildman–Crippen LogP) is 2.74. The van der Waals surface area contributed by atoms with Gasteiger partial charge in [-0.2, -0.15) is 0 Å². The van der Waals surface area contributed by atoms with Crippen molar-refractivity contribution in [3.05, 3.63) is 60.3 Å². The highest BCUT2D eigenvalue weighted by Gasteiger charge is 2.24. The highest BCUT2D eigenvalue weighted by Crippen LogP contribution is 2.30. The maximum absolute atomic E-state index is 14.4. The largest absolute Gasteiger partial charge is 0.480 e. The van der Waals surface area contributed by atoms with Crippen LogP contribution in [0.1, 0.15) is 10.4 Å². The number of nitrogens with zero attached hydrogens (tertiary/aromatic N) is 3. The molecule has 0 unspecified atom stereocenters. The molecule has 0 radical (unpaired) electrons. The lowest BCUT2D eigenvalue weighted by Gasteiger charge is -2.29. The summed E-state index contributed by atoms with van der Waals surface area (Å²) in [6.07, 6.45) is 4.81. The van der Waals surface area contributed by atoms with E-state index >= 15 is 0 Å². The number of nitrogens with one attached hydrogen (secondary N) is 1. The Morgan fingerprint density at radius 3 is 2.64 bits per heavy atom. The maximum Gasteiger partial charge on any atom is 0.267 e. The summed E-state index contributed by atoms with van der Waals surface area (Å²) >= 11 is 0. The van der Waals surface area contributed by atoms with Crippen molar-refractivity contribution in [2.75, 3.05) is 43.0 Å². The summed E-state index contributed by atoms with van der Waals surface area (Å²) in [5.74, 6) is -0.676. The van der Waals surface area contributed by atoms with E-state index in [4.69, 9.17) is 9.47 Å². The Labute approximate surface area is 190 Å². The molecule has 1 aliphatic heterocycles. The van der Waals surface area contributed by atoms with Crippen molar-refractivity contribution in [2.45, 2.75) is 4.90 Å². The van der Waals surface area contributed by atoms with Crippen molar-refractivity contribution in [1.29, 1.82) is 0 Å². The number of hydrogen-bond donors (Lipinski definition) is 1. The first-order valence-electron chi connectivity index (χ1n) is 10.0. The molecule has 4 rings (SSSR count). The van der Waals surface area contributed by atoms with Crippen molar-refractivity contribution in [3.63, 3.8) is 0 Å². The van der Waals surface area contributed by atoms with Crippen LogP contribution in [0.15, 0.2) is 53.8 Å². The van der Waals surface area contributed by atoms with Gasteiger partial charge in [0.25, 0.3) is 10.0 Å². The third-order valence-corrected chi connectivity index (χ3v) is 6.47. The molecule has 1 aromatic carbocycles. The Morgan fingerprint density at radius 1 is 1.15 bits per heavy atom. The summed E-state index contributed by atoms with van der Waals surface area (Å²) in [7, 11) is -2.78. The number of sulfonamides is 1. The third kappa shape index (κ3) is 4.94. The van der Waals surface area contributed by atoms with Crippen molar-refractivity contribution in [2.24, 2.45) is 0 Å². The number of pyridine rings is 2. The van der Waals surface area contributed by atoms with Gasteiger partial charge >= 0.3 is 0 Å². The third-order valence-electron chi connectivity index (χ3n) is 5.09. The lowest BCUT2D eigenvalue weighted by atomic mass is 10.0. The summed E-state index contributed by atoms with van der Waals surface area (Å²) in [6, 6.07) is 6.96. The second kappa shape index (κ2) is 9.51. The smallest absolute Gasteiger partial charge is 0.267 e. The average molecular weight is 472 g/mol. The standard InChI is InChI=1S/C22H21FN4O5S/c1-31-22-21(10-18(13-25-22)27-4-6-32-7-5-27)33(29,30)26-17-9-16(11-24-12-17)19-3-2-15(14-28)8-20(19)23/h2-3,8-14,26H,4-7H2,1H3. The first-order chi connectivity index (χ1) is 15.9. The molecule has 172 valence electrons. The van der Waals surface area contributed by atoms with Crippen LogP contribution in [0.4, 0.5) is 15.8 Å². The quantitative estimate of drug-likeness (QED) is 0.523. The molecule has 3 aromatic rings. The average Bonchev–Trinajstić information content (AvgIpc) is 2.84. The topological polar surface area (TPSA) is 111 Å². The molecule has 1 N–H and O–H groups in total. The number of benzene rings is 1. The summed E-state index contributed by atoms with van der Waals surface area (Å²) in [5.41, 5.74) is 1.48. The summed E-state index contributed by atoms with van der Waals surface area (Å²) in [6.45, 7) is 2.30. The molecule has 1 aliphatic rings. The van der Waals surface area contributed by atoms with Gasteiger partial charge in [-0.1, -0.05) is 12.1 Å². The number of rotatable bonds is 7. The van der Waals surface area contributed by atoms with Gasteiger partial charge in [-0.05, 0) is 18.2 Å². The minimum absolute atomic E-state index is 0.0564. The summed E-state index contributed by atoms with van der Waals surface area (Å²) in [5, 5.41) is 0. The monoisotopic (exact) mass is 472 g/mol. The zero-order valence-electron chi connectivity index (χ0n) is 17.7. The zero-order chi connectivity index (χ0) is 23.4. The van der Waals surface area contributed by atoms with E-state index in [1.165, 1.54) is 43.8 Å². The van der Waals surface area contributed by atoms with E-state index in [-0.39, 0.29) is 27.6 Å². The molecule has 0 aliphatic carbocycles. The van der Waals surface area contributed by atoms with Gasteiger partial charge < -0.3 is 14.4 Å². The van der Waals surface area contributed by atoms with E-state index in [1.54, 1.807) is 6.20 Å². The van der Waals surface area contributed by atoms with Gasteiger partial charge in [0, 0.05) is 36.0 Å². The van der Waals surface area contributed by atoms with Crippen LogP contribution in [0.5, 0.6) is 5.88 Å². The van der Waals surface area contributed by atoms with Gasteiger partial charge in [0.2, 0.25) is 5.88 Å². The van der Waals surface area contributed by atoms with Crippen molar-refractivity contribution in [1.82, 2.24) is 9.97 Å². The molecular formula is C22H21FN4O5S. The number of halogens is 1. The van der Waals surface area contributed by atoms with Gasteiger partial charge in [-0.15, -0.1) is 0 Å². The maximum atomic E-state index is 14.4. The van der Waals surface area contributed by atoms with Crippen LogP contribution >= 0.6 is 0 Å². The SMILES string of the molecule is COc1ncc(N2CCOCC2)cc1S(=O)(=O)Nc1cncc(-c2ccc(C=O)cc2F)c1. The van der Waals surface area contributed by atoms with Crippen molar-refractivity contribution in [3.8, 4) is 17.0 Å². The van der Waals surface area contributed by atoms with Gasteiger partial charge in [0.15, 0.2) is 4.90 Å². The summed E-state index contributed by atoms with van der Waals surface area (Å²) in [4.78, 5) is 20.9. The molecule has 3 heterocycles. The van der Waals surface area contributed by atoms with E-state index < -0.39 is 15.8 Å². The second-order valence-electron chi connectivity index (χ2n) is 7.23. The van der Waals surface area contributed by atoms with Gasteiger partial charge in [-0.25, -0.2) is 17.8 Å². The van der Waals surface area contributed by atoms with Gasteiger partial charge in [0.05, 0.1) is 44.1 Å². The van der Waals surface area contributed by atoms with E-state index in [0.29, 0.717) is 43.8 Å². The Hall–Kier alpha value is -3.57. The van der Waals surface area contributed by atoms with E-state index in [2.05, 4.69) is 14.7 Å². The Balaban J connectivity index is 1.65. The molecule has 9 nitrogen and oxygen atoms in total. The Bertz CT molecular complexity index is 1280. The molecule has 0 atom stereocenters. The van der Waals surface area contributed by atoms with E-state index in [1.807, 2.05) is 4.90 Å². The van der Waals surface area contributed by atoms with Gasteiger partial charge in [-0.3, -0.25) is 14.5 Å². The lowest BCUT2D eigenvalue weighted by Crippen LogP contribution is -2.36. The van der Waals surface area contributed by atoms with E-state index in [9.17, 15) is 17.6 Å². The normalized spacial score (nSPS) is 14.1. The number of hydrogen-bond acceptors (Lipinski definition) is 8. The molecule has 2 aromatic heterocycles. The molecule has 11 heteroatoms. The summed E-state index contributed by atoms with van der Waals surface area (Å²) < 4.78 is 53.8. The number of methoxy groups -OCH3 is 1. The van der Waals surface area contributed by atoms with Crippen LogP contribution < -0.4 is 14.4 Å². The number of morpholine rings is 1. The van der Waals surface area contributed by atoms with Crippen LogP contribution in [0.2, 0.25) is 0 Å². The predicted molar refractivity (Wildman–Crippen MR) is 120 cm³/mol. The van der Waals surface area contributed by atoms with Crippen LogP contribution in [-0.2, 0) is 14.8 Å². The Morgan fingerprint density at radius 2 is 1.94 bits per heavy atom. The van der Waals surface area contributed by atoms with E-state index in [0.717, 1.165) is 6.07 Å². The molecule has 0 amide bonds. The number of carbonyl (C=O) groups excluding carboxylic acids is 1. The van der Waals surface area contributed by atoms with Crippen LogP contribution in [0, 0.1) is 5.82 Å². The minimum atomic E-state index is -4.11. The number of aldehydes is 1. The van der Waals surface area contributed by atoms with Gasteiger partial charge in [0.1, 0.15) is 12.1 Å². The first kappa shape index (κ1) is 22.6. The molecule has 0 bridgehead atoms. The molecule has 33 heavy (non-hydrogen) atoms. The Kier molecular flexibility index (Phi) is 6.52. The molecule has 0 spiro atoms. The highest BCUT2D eigenvalue weighted by atomic mass is 32.2. The van der Waals surface area contributed by atoms with Crippen LogP contribution in [0.25, 0.3) is 11.1 Å². The number of anilines is 2. The fraction of sp³-hybridized carbons (Fsp3) is 0.227. The highest BCUT2D eigenvalue weighted by molar-refractivity contribution is 7.92. The van der Waals surface area contributed by atoms with Crippen LogP contribution in [-0.4, -0.2) is 58.1 Å². The molecule has 1 fully saturated rings. The van der Waals surface area contributed by atoms with Crippen molar-refractivity contribution >= 4 is 27.7 Å². The fourth-order valence-corrected chi connectivity index (χ4v) is 4.63. The molecule has 1 saturated heterocycles. The lowest BCUT2D eigenvalue weighted by molar-refractivity contribution is 0.112. The molecular weight excluding hydrogens is 451 g/mol. The zero-order valence-corrected chi connectivity index (χ0v) is 18.5.